The van der Waals surface area contributed by atoms with Gasteiger partial charge >= 0.3 is 0 Å². The number of carbonyl (C=O) groups is 1. The number of anilines is 1. The zero-order valence-electron chi connectivity index (χ0n) is 10.9. The van der Waals surface area contributed by atoms with Crippen molar-refractivity contribution in [3.8, 4) is 0 Å². The van der Waals surface area contributed by atoms with Gasteiger partial charge in [-0.2, -0.15) is 11.8 Å². The first kappa shape index (κ1) is 15.3. The third-order valence-corrected chi connectivity index (χ3v) is 4.07. The van der Waals surface area contributed by atoms with Crippen LogP contribution in [0.2, 0.25) is 5.02 Å². The van der Waals surface area contributed by atoms with Crippen LogP contribution in [0.25, 0.3) is 0 Å². The molecule has 0 atom stereocenters. The van der Waals surface area contributed by atoms with Crippen molar-refractivity contribution >= 4 is 35.0 Å². The Morgan fingerprint density at radius 1 is 1.50 bits per heavy atom. The molecule has 0 unspecified atom stereocenters. The molecule has 0 bridgehead atoms. The third-order valence-electron chi connectivity index (χ3n) is 2.25. The number of hydrogen-bond acceptors (Lipinski definition) is 3. The zero-order valence-corrected chi connectivity index (χ0v) is 12.5. The molecule has 0 aliphatic rings. The Bertz CT molecular complexity index is 429. The molecule has 1 aromatic rings. The molecule has 1 amide bonds. The van der Waals surface area contributed by atoms with E-state index in [1.807, 2.05) is 32.9 Å². The van der Waals surface area contributed by atoms with Crippen LogP contribution in [0.15, 0.2) is 18.2 Å². The lowest BCUT2D eigenvalue weighted by Gasteiger charge is -2.17. The number of nitrogens with one attached hydrogen (secondary N) is 1. The molecule has 0 aromatic heterocycles. The van der Waals surface area contributed by atoms with E-state index in [2.05, 4.69) is 5.32 Å². The predicted octanol–water partition coefficient (Wildman–Crippen LogP) is 3.06. The maximum atomic E-state index is 11.7. The average Bonchev–Trinajstić information content (AvgIpc) is 2.23. The monoisotopic (exact) mass is 286 g/mol. The maximum absolute atomic E-state index is 11.7. The molecule has 0 heterocycles. The predicted molar refractivity (Wildman–Crippen MR) is 80.4 cm³/mol. The molecular formula is C13H19ClN2OS. The fourth-order valence-electron chi connectivity index (χ4n) is 1.34. The summed E-state index contributed by atoms with van der Waals surface area (Å²) in [5.41, 5.74) is 7.24. The minimum atomic E-state index is -0.253. The molecule has 18 heavy (non-hydrogen) atoms. The highest BCUT2D eigenvalue weighted by Gasteiger charge is 2.12. The molecule has 0 aliphatic carbocycles. The lowest BCUT2D eigenvalue weighted by molar-refractivity contribution is -0.113. The lowest BCUT2D eigenvalue weighted by atomic mass is 10.1. The van der Waals surface area contributed by atoms with Crippen molar-refractivity contribution in [3.63, 3.8) is 0 Å². The minimum absolute atomic E-state index is 0.0328. The van der Waals surface area contributed by atoms with Gasteiger partial charge in [-0.3, -0.25) is 4.79 Å². The van der Waals surface area contributed by atoms with Crippen LogP contribution in [0.3, 0.4) is 0 Å². The number of benzene rings is 1. The molecule has 0 spiro atoms. The van der Waals surface area contributed by atoms with Gasteiger partial charge in [0.1, 0.15) is 0 Å². The second-order valence-electron chi connectivity index (χ2n) is 4.94. The number of thioether (sulfide) groups is 1. The first-order valence-electron chi connectivity index (χ1n) is 5.71. The molecule has 0 radical (unpaired) electrons. The Kier molecular flexibility index (Phi) is 5.50. The quantitative estimate of drug-likeness (QED) is 0.875. The van der Waals surface area contributed by atoms with Gasteiger partial charge in [0.25, 0.3) is 0 Å². The summed E-state index contributed by atoms with van der Waals surface area (Å²) in [5.74, 6) is 1.11. The van der Waals surface area contributed by atoms with E-state index < -0.39 is 0 Å². The normalized spacial score (nSPS) is 11.4. The van der Waals surface area contributed by atoms with Crippen molar-refractivity contribution in [3.05, 3.63) is 28.8 Å². The van der Waals surface area contributed by atoms with E-state index in [0.717, 1.165) is 17.0 Å². The van der Waals surface area contributed by atoms with Crippen LogP contribution in [0, 0.1) is 6.92 Å². The summed E-state index contributed by atoms with van der Waals surface area (Å²) in [6.45, 7) is 5.77. The topological polar surface area (TPSA) is 55.1 Å². The number of nitrogens with two attached hydrogens (primary N) is 1. The highest BCUT2D eigenvalue weighted by atomic mass is 35.5. The van der Waals surface area contributed by atoms with Crippen molar-refractivity contribution in [1.82, 2.24) is 0 Å². The molecule has 1 rings (SSSR count). The Balaban J connectivity index is 2.48. The first-order valence-corrected chi connectivity index (χ1v) is 7.24. The summed E-state index contributed by atoms with van der Waals surface area (Å²) in [6.07, 6.45) is 0. The van der Waals surface area contributed by atoms with E-state index in [1.54, 1.807) is 6.07 Å². The number of amides is 1. The van der Waals surface area contributed by atoms with E-state index in [-0.39, 0.29) is 11.4 Å². The fraction of sp³-hybridized carbons (Fsp3) is 0.462. The van der Waals surface area contributed by atoms with Crippen LogP contribution in [-0.2, 0) is 4.79 Å². The van der Waals surface area contributed by atoms with E-state index >= 15 is 0 Å². The van der Waals surface area contributed by atoms with Crippen LogP contribution in [0.4, 0.5) is 5.69 Å². The Labute approximate surface area is 117 Å². The Morgan fingerprint density at radius 3 is 2.78 bits per heavy atom. The summed E-state index contributed by atoms with van der Waals surface area (Å²) in [7, 11) is 0. The van der Waals surface area contributed by atoms with Gasteiger partial charge in [-0.1, -0.05) is 17.7 Å². The van der Waals surface area contributed by atoms with Gasteiger partial charge in [-0.05, 0) is 38.5 Å². The molecule has 3 nitrogen and oxygen atoms in total. The molecule has 3 N–H and O–H groups in total. The highest BCUT2D eigenvalue weighted by molar-refractivity contribution is 8.00. The van der Waals surface area contributed by atoms with E-state index in [0.29, 0.717) is 10.8 Å². The average molecular weight is 287 g/mol. The molecule has 1 aromatic carbocycles. The number of halogens is 1. The number of hydrogen-bond donors (Lipinski definition) is 2. The SMILES string of the molecule is Cc1c(Cl)cccc1NC(=O)CSCC(C)(C)N. The molecule has 0 fully saturated rings. The molecule has 100 valence electrons. The number of rotatable bonds is 5. The van der Waals surface area contributed by atoms with Gasteiger partial charge in [0.2, 0.25) is 5.91 Å². The third kappa shape index (κ3) is 5.29. The van der Waals surface area contributed by atoms with Crippen LogP contribution in [0.5, 0.6) is 0 Å². The minimum Gasteiger partial charge on any atom is -0.325 e. The van der Waals surface area contributed by atoms with Gasteiger partial charge in [-0.15, -0.1) is 0 Å². The van der Waals surface area contributed by atoms with Gasteiger partial charge in [0, 0.05) is 22.0 Å². The van der Waals surface area contributed by atoms with Crippen molar-refractivity contribution in [2.45, 2.75) is 26.3 Å². The maximum Gasteiger partial charge on any atom is 0.234 e. The summed E-state index contributed by atoms with van der Waals surface area (Å²) in [6, 6.07) is 5.47. The Morgan fingerprint density at radius 2 is 2.17 bits per heavy atom. The van der Waals surface area contributed by atoms with E-state index in [9.17, 15) is 4.79 Å². The van der Waals surface area contributed by atoms with Crippen LogP contribution in [0.1, 0.15) is 19.4 Å². The second kappa shape index (κ2) is 6.45. The number of carbonyl (C=O) groups excluding carboxylic acids is 1. The summed E-state index contributed by atoms with van der Waals surface area (Å²) < 4.78 is 0. The fourth-order valence-corrected chi connectivity index (χ4v) is 2.40. The standard InChI is InChI=1S/C13H19ClN2OS/c1-9-10(14)5-4-6-11(9)16-12(17)7-18-8-13(2,3)15/h4-6H,7-8,15H2,1-3H3,(H,16,17). The summed E-state index contributed by atoms with van der Waals surface area (Å²) in [5, 5.41) is 3.51. The highest BCUT2D eigenvalue weighted by Crippen LogP contribution is 2.23. The van der Waals surface area contributed by atoms with Crippen molar-refractivity contribution in [1.29, 1.82) is 0 Å². The van der Waals surface area contributed by atoms with Gasteiger partial charge < -0.3 is 11.1 Å². The van der Waals surface area contributed by atoms with Crippen LogP contribution in [-0.4, -0.2) is 23.0 Å². The van der Waals surface area contributed by atoms with Crippen molar-refractivity contribution < 1.29 is 4.79 Å². The van der Waals surface area contributed by atoms with Crippen molar-refractivity contribution in [2.24, 2.45) is 5.73 Å². The molecule has 0 aliphatic heterocycles. The van der Waals surface area contributed by atoms with Crippen LogP contribution >= 0.6 is 23.4 Å². The summed E-state index contributed by atoms with van der Waals surface area (Å²) in [4.78, 5) is 11.7. The van der Waals surface area contributed by atoms with Gasteiger partial charge in [0.05, 0.1) is 5.75 Å². The zero-order chi connectivity index (χ0) is 13.8. The van der Waals surface area contributed by atoms with Gasteiger partial charge in [-0.25, -0.2) is 0 Å². The Hall–Kier alpha value is -0.710. The molecular weight excluding hydrogens is 268 g/mol. The van der Waals surface area contributed by atoms with E-state index in [1.165, 1.54) is 11.8 Å². The largest absolute Gasteiger partial charge is 0.325 e. The lowest BCUT2D eigenvalue weighted by Crippen LogP contribution is -2.35. The smallest absolute Gasteiger partial charge is 0.234 e. The van der Waals surface area contributed by atoms with Crippen molar-refractivity contribution in [2.75, 3.05) is 16.8 Å². The summed E-state index contributed by atoms with van der Waals surface area (Å²) >= 11 is 7.52. The molecule has 5 heteroatoms. The van der Waals surface area contributed by atoms with E-state index in [4.69, 9.17) is 17.3 Å². The van der Waals surface area contributed by atoms with Crippen LogP contribution < -0.4 is 11.1 Å². The molecule has 0 saturated carbocycles. The van der Waals surface area contributed by atoms with Gasteiger partial charge in [0.15, 0.2) is 0 Å². The molecule has 0 saturated heterocycles. The first-order chi connectivity index (χ1) is 8.29. The second-order valence-corrected chi connectivity index (χ2v) is 6.33.